The lowest BCUT2D eigenvalue weighted by atomic mass is 9.76. The second-order valence-corrected chi connectivity index (χ2v) is 4.80. The fraction of sp³-hybridized carbons (Fsp3) is 0.429. The predicted octanol–water partition coefficient (Wildman–Crippen LogP) is 1.44. The summed E-state index contributed by atoms with van der Waals surface area (Å²) in [6.45, 7) is 0. The number of rotatable bonds is 5. The molecule has 108 valence electrons. The summed E-state index contributed by atoms with van der Waals surface area (Å²) >= 11 is 0. The van der Waals surface area contributed by atoms with E-state index >= 15 is 0 Å². The number of carbonyl (C=O) groups excluding carboxylic acids is 1. The Balaban J connectivity index is 2.22. The minimum Gasteiger partial charge on any atom is -0.497 e. The van der Waals surface area contributed by atoms with Gasteiger partial charge in [-0.15, -0.1) is 0 Å². The van der Waals surface area contributed by atoms with Gasteiger partial charge in [0.15, 0.2) is 0 Å². The Labute approximate surface area is 116 Å². The van der Waals surface area contributed by atoms with Crippen molar-refractivity contribution in [3.05, 3.63) is 23.8 Å². The number of amides is 1. The average Bonchev–Trinajstić information content (AvgIpc) is 2.41. The van der Waals surface area contributed by atoms with Gasteiger partial charge in [-0.25, -0.2) is 4.79 Å². The van der Waals surface area contributed by atoms with Crippen LogP contribution in [0, 0.1) is 0 Å². The van der Waals surface area contributed by atoms with E-state index in [4.69, 9.17) is 9.47 Å². The van der Waals surface area contributed by atoms with Crippen molar-refractivity contribution in [1.29, 1.82) is 0 Å². The van der Waals surface area contributed by atoms with Gasteiger partial charge in [0.1, 0.15) is 17.0 Å². The monoisotopic (exact) mass is 279 g/mol. The van der Waals surface area contributed by atoms with Crippen LogP contribution in [0.15, 0.2) is 18.2 Å². The minimum atomic E-state index is -1.13. The van der Waals surface area contributed by atoms with Gasteiger partial charge in [-0.1, -0.05) is 0 Å². The molecule has 0 spiro atoms. The standard InChI is InChI=1S/C14H17NO5/c1-19-10-6-9(7-11(8-10)20-2)12(16)15-14(13(17)18)4-3-5-14/h6-8H,3-5H2,1-2H3,(H,15,16)(H,17,18). The Morgan fingerprint density at radius 1 is 1.15 bits per heavy atom. The van der Waals surface area contributed by atoms with Crippen LogP contribution in [0.4, 0.5) is 0 Å². The van der Waals surface area contributed by atoms with E-state index in [-0.39, 0.29) is 0 Å². The van der Waals surface area contributed by atoms with E-state index in [1.807, 2.05) is 0 Å². The molecule has 0 aliphatic heterocycles. The van der Waals surface area contributed by atoms with Crippen molar-refractivity contribution in [3.8, 4) is 11.5 Å². The zero-order valence-corrected chi connectivity index (χ0v) is 11.4. The largest absolute Gasteiger partial charge is 0.497 e. The molecule has 0 saturated heterocycles. The summed E-state index contributed by atoms with van der Waals surface area (Å²) in [6, 6.07) is 4.74. The molecule has 20 heavy (non-hydrogen) atoms. The van der Waals surface area contributed by atoms with Gasteiger partial charge in [-0.05, 0) is 31.4 Å². The summed E-state index contributed by atoms with van der Waals surface area (Å²) in [5.41, 5.74) is -0.818. The molecule has 0 radical (unpaired) electrons. The molecular formula is C14H17NO5. The lowest BCUT2D eigenvalue weighted by molar-refractivity contribution is -0.148. The zero-order chi connectivity index (χ0) is 14.8. The molecule has 2 N–H and O–H groups in total. The number of hydrogen-bond donors (Lipinski definition) is 2. The van der Waals surface area contributed by atoms with Crippen molar-refractivity contribution in [2.75, 3.05) is 14.2 Å². The third-order valence-corrected chi connectivity index (χ3v) is 3.58. The van der Waals surface area contributed by atoms with Crippen molar-refractivity contribution in [2.24, 2.45) is 0 Å². The van der Waals surface area contributed by atoms with Crippen LogP contribution in [-0.4, -0.2) is 36.7 Å². The number of benzene rings is 1. The van der Waals surface area contributed by atoms with Gasteiger partial charge in [0.25, 0.3) is 5.91 Å². The molecule has 1 aliphatic rings. The van der Waals surface area contributed by atoms with Gasteiger partial charge >= 0.3 is 5.97 Å². The molecule has 2 rings (SSSR count). The minimum absolute atomic E-state index is 0.314. The summed E-state index contributed by atoms with van der Waals surface area (Å²) in [5.74, 6) is -0.476. The molecule has 0 atom stereocenters. The Kier molecular flexibility index (Phi) is 3.83. The fourth-order valence-electron chi connectivity index (χ4n) is 2.15. The van der Waals surface area contributed by atoms with E-state index in [9.17, 15) is 14.7 Å². The first-order valence-corrected chi connectivity index (χ1v) is 6.30. The predicted molar refractivity (Wildman–Crippen MR) is 71.2 cm³/mol. The number of hydrogen-bond acceptors (Lipinski definition) is 4. The van der Waals surface area contributed by atoms with Gasteiger partial charge in [-0.3, -0.25) is 4.79 Å². The highest BCUT2D eigenvalue weighted by Gasteiger charge is 2.45. The van der Waals surface area contributed by atoms with Crippen molar-refractivity contribution in [3.63, 3.8) is 0 Å². The van der Waals surface area contributed by atoms with Gasteiger partial charge in [-0.2, -0.15) is 0 Å². The van der Waals surface area contributed by atoms with Crippen molar-refractivity contribution >= 4 is 11.9 Å². The maximum absolute atomic E-state index is 12.2. The molecule has 1 amide bonds. The van der Waals surface area contributed by atoms with Gasteiger partial charge in [0.05, 0.1) is 14.2 Å². The highest BCUT2D eigenvalue weighted by atomic mass is 16.5. The maximum atomic E-state index is 12.2. The van der Waals surface area contributed by atoms with Gasteiger partial charge < -0.3 is 19.9 Å². The summed E-state index contributed by atoms with van der Waals surface area (Å²) in [6.07, 6.45) is 1.71. The van der Waals surface area contributed by atoms with Crippen molar-refractivity contribution in [1.82, 2.24) is 5.32 Å². The third-order valence-electron chi connectivity index (χ3n) is 3.58. The topological polar surface area (TPSA) is 84.9 Å². The number of methoxy groups -OCH3 is 2. The highest BCUT2D eigenvalue weighted by molar-refractivity contribution is 5.98. The molecule has 1 aliphatic carbocycles. The molecule has 1 aromatic rings. The molecule has 0 bridgehead atoms. The number of ether oxygens (including phenoxy) is 2. The Bertz CT molecular complexity index is 514. The summed E-state index contributed by atoms with van der Waals surface area (Å²) in [5, 5.41) is 11.8. The van der Waals surface area contributed by atoms with E-state index in [2.05, 4.69) is 5.32 Å². The normalized spacial score (nSPS) is 15.9. The smallest absolute Gasteiger partial charge is 0.329 e. The van der Waals surface area contributed by atoms with Crippen LogP contribution in [0.25, 0.3) is 0 Å². The quantitative estimate of drug-likeness (QED) is 0.852. The SMILES string of the molecule is COc1cc(OC)cc(C(=O)NC2(C(=O)O)CCC2)c1. The average molecular weight is 279 g/mol. The fourth-order valence-corrected chi connectivity index (χ4v) is 2.15. The van der Waals surface area contributed by atoms with Crippen LogP contribution in [0.3, 0.4) is 0 Å². The summed E-state index contributed by atoms with van der Waals surface area (Å²) in [4.78, 5) is 23.5. The van der Waals surface area contributed by atoms with E-state index in [1.54, 1.807) is 18.2 Å². The highest BCUT2D eigenvalue weighted by Crippen LogP contribution is 2.32. The number of aliphatic carboxylic acids is 1. The van der Waals surface area contributed by atoms with Crippen LogP contribution in [0.5, 0.6) is 11.5 Å². The van der Waals surface area contributed by atoms with Gasteiger partial charge in [0.2, 0.25) is 0 Å². The second-order valence-electron chi connectivity index (χ2n) is 4.80. The molecule has 1 aromatic carbocycles. The van der Waals surface area contributed by atoms with Crippen molar-refractivity contribution in [2.45, 2.75) is 24.8 Å². The molecule has 0 heterocycles. The third kappa shape index (κ3) is 2.54. The van der Waals surface area contributed by atoms with Crippen LogP contribution < -0.4 is 14.8 Å². The molecule has 6 heteroatoms. The van der Waals surface area contributed by atoms with Crippen LogP contribution in [0.1, 0.15) is 29.6 Å². The van der Waals surface area contributed by atoms with E-state index < -0.39 is 17.4 Å². The number of carbonyl (C=O) groups is 2. The first-order chi connectivity index (χ1) is 9.50. The first kappa shape index (κ1) is 14.2. The molecule has 1 fully saturated rings. The summed E-state index contributed by atoms with van der Waals surface area (Å²) in [7, 11) is 2.97. The van der Waals surface area contributed by atoms with Crippen molar-refractivity contribution < 1.29 is 24.2 Å². The Morgan fingerprint density at radius 2 is 1.70 bits per heavy atom. The number of carboxylic acids is 1. The lowest BCUT2D eigenvalue weighted by Gasteiger charge is -2.38. The number of nitrogens with one attached hydrogen (secondary N) is 1. The zero-order valence-electron chi connectivity index (χ0n) is 11.4. The Morgan fingerprint density at radius 3 is 2.05 bits per heavy atom. The second kappa shape index (κ2) is 5.40. The van der Waals surface area contributed by atoms with Crippen LogP contribution in [0.2, 0.25) is 0 Å². The van der Waals surface area contributed by atoms with E-state index in [1.165, 1.54) is 14.2 Å². The Hall–Kier alpha value is -2.24. The first-order valence-electron chi connectivity index (χ1n) is 6.30. The van der Waals surface area contributed by atoms with E-state index in [0.717, 1.165) is 6.42 Å². The van der Waals surface area contributed by atoms with E-state index in [0.29, 0.717) is 29.9 Å². The molecule has 6 nitrogen and oxygen atoms in total. The van der Waals surface area contributed by atoms with Crippen LogP contribution in [-0.2, 0) is 4.79 Å². The molecule has 1 saturated carbocycles. The molecular weight excluding hydrogens is 262 g/mol. The van der Waals surface area contributed by atoms with Crippen LogP contribution >= 0.6 is 0 Å². The maximum Gasteiger partial charge on any atom is 0.329 e. The number of carboxylic acid groups (broad SMARTS) is 1. The summed E-state index contributed by atoms with van der Waals surface area (Å²) < 4.78 is 10.2. The lowest BCUT2D eigenvalue weighted by Crippen LogP contribution is -2.59. The molecule has 0 aromatic heterocycles. The molecule has 0 unspecified atom stereocenters. The van der Waals surface area contributed by atoms with Gasteiger partial charge in [0, 0.05) is 11.6 Å².